The SMILES string of the molecule is CCCC12CCN(C)C(Cc3ccc(O)cc31)C2.Cl. The minimum absolute atomic E-state index is 0. The summed E-state index contributed by atoms with van der Waals surface area (Å²) in [5.74, 6) is 0.432. The third-order valence-electron chi connectivity index (χ3n) is 5.04. The molecule has 0 radical (unpaired) electrons. The maximum absolute atomic E-state index is 9.81. The Bertz CT molecular complexity index is 462. The molecule has 0 amide bonds. The molecule has 2 unspecified atom stereocenters. The van der Waals surface area contributed by atoms with E-state index in [9.17, 15) is 5.11 Å². The molecule has 1 aliphatic carbocycles. The maximum atomic E-state index is 9.81. The summed E-state index contributed by atoms with van der Waals surface area (Å²) in [6.45, 7) is 3.47. The highest BCUT2D eigenvalue weighted by atomic mass is 35.5. The zero-order valence-corrected chi connectivity index (χ0v) is 12.7. The Hall–Kier alpha value is -0.730. The predicted octanol–water partition coefficient (Wildman–Crippen LogP) is 3.50. The number of phenols is 1. The van der Waals surface area contributed by atoms with Gasteiger partial charge in [0.2, 0.25) is 0 Å². The Balaban J connectivity index is 0.00000133. The van der Waals surface area contributed by atoms with Crippen molar-refractivity contribution in [2.24, 2.45) is 0 Å². The van der Waals surface area contributed by atoms with E-state index in [0.717, 1.165) is 6.42 Å². The normalized spacial score (nSPS) is 29.5. The summed E-state index contributed by atoms with van der Waals surface area (Å²) in [5, 5.41) is 9.81. The van der Waals surface area contributed by atoms with Gasteiger partial charge in [-0.3, -0.25) is 0 Å². The average molecular weight is 282 g/mol. The van der Waals surface area contributed by atoms with E-state index in [1.165, 1.54) is 43.4 Å². The zero-order chi connectivity index (χ0) is 12.8. The zero-order valence-electron chi connectivity index (χ0n) is 11.9. The van der Waals surface area contributed by atoms with Crippen molar-refractivity contribution in [3.05, 3.63) is 29.3 Å². The number of phenolic OH excluding ortho intramolecular Hbond substituents is 1. The Labute approximate surface area is 122 Å². The summed E-state index contributed by atoms with van der Waals surface area (Å²) in [5.41, 5.74) is 3.23. The highest BCUT2D eigenvalue weighted by Crippen LogP contribution is 2.48. The van der Waals surface area contributed by atoms with Gasteiger partial charge in [0.1, 0.15) is 5.75 Å². The Morgan fingerprint density at radius 1 is 1.42 bits per heavy atom. The molecule has 1 N–H and O–H groups in total. The van der Waals surface area contributed by atoms with E-state index >= 15 is 0 Å². The standard InChI is InChI=1S/C16H23NO.ClH/c1-3-6-16-7-8-17(2)13(11-16)9-12-4-5-14(18)10-15(12)16;/h4-5,10,13,18H,3,6-9,11H2,1-2H3;1H. The van der Waals surface area contributed by atoms with E-state index in [2.05, 4.69) is 24.9 Å². The molecule has 2 nitrogen and oxygen atoms in total. The number of likely N-dealkylation sites (N-methyl/N-ethyl adjacent to an activating group) is 1. The number of likely N-dealkylation sites (tertiary alicyclic amines) is 1. The fourth-order valence-electron chi connectivity index (χ4n) is 4.08. The van der Waals surface area contributed by atoms with E-state index < -0.39 is 0 Å². The largest absolute Gasteiger partial charge is 0.508 e. The molecule has 1 aromatic rings. The van der Waals surface area contributed by atoms with Crippen LogP contribution in [0.5, 0.6) is 5.75 Å². The summed E-state index contributed by atoms with van der Waals surface area (Å²) in [7, 11) is 2.26. The lowest BCUT2D eigenvalue weighted by Gasteiger charge is -2.50. The molecule has 0 saturated carbocycles. The van der Waals surface area contributed by atoms with E-state index in [1.807, 2.05) is 12.1 Å². The van der Waals surface area contributed by atoms with Crippen molar-refractivity contribution in [2.45, 2.75) is 50.5 Å². The molecule has 1 fully saturated rings. The number of nitrogens with zero attached hydrogens (tertiary/aromatic N) is 1. The maximum Gasteiger partial charge on any atom is 0.115 e. The van der Waals surface area contributed by atoms with Crippen LogP contribution < -0.4 is 0 Å². The Morgan fingerprint density at radius 2 is 2.21 bits per heavy atom. The molecule has 0 aromatic heterocycles. The van der Waals surface area contributed by atoms with E-state index in [1.54, 1.807) is 0 Å². The van der Waals surface area contributed by atoms with E-state index in [0.29, 0.717) is 17.2 Å². The number of piperidine rings is 1. The Morgan fingerprint density at radius 3 is 2.95 bits per heavy atom. The molecule has 1 heterocycles. The lowest BCUT2D eigenvalue weighted by Crippen LogP contribution is -2.51. The first kappa shape index (κ1) is 14.7. The van der Waals surface area contributed by atoms with Crippen molar-refractivity contribution >= 4 is 12.4 Å². The van der Waals surface area contributed by atoms with Gasteiger partial charge in [-0.2, -0.15) is 0 Å². The van der Waals surface area contributed by atoms with Crippen LogP contribution in [0.2, 0.25) is 0 Å². The Kier molecular flexibility index (Phi) is 4.12. The summed E-state index contributed by atoms with van der Waals surface area (Å²) in [6, 6.07) is 6.72. The molecular weight excluding hydrogens is 258 g/mol. The van der Waals surface area contributed by atoms with Crippen LogP contribution in [0.3, 0.4) is 0 Å². The quantitative estimate of drug-likeness (QED) is 0.897. The molecule has 2 aliphatic rings. The summed E-state index contributed by atoms with van der Waals surface area (Å²) in [6.07, 6.45) is 6.15. The molecule has 2 atom stereocenters. The third kappa shape index (κ3) is 2.36. The van der Waals surface area contributed by atoms with Gasteiger partial charge in [-0.05, 0) is 68.0 Å². The van der Waals surface area contributed by atoms with Gasteiger partial charge in [0.15, 0.2) is 0 Å². The fraction of sp³-hybridized carbons (Fsp3) is 0.625. The van der Waals surface area contributed by atoms with Crippen molar-refractivity contribution in [1.82, 2.24) is 4.90 Å². The lowest BCUT2D eigenvalue weighted by atomic mass is 9.62. The van der Waals surface area contributed by atoms with Crippen molar-refractivity contribution in [1.29, 1.82) is 0 Å². The van der Waals surface area contributed by atoms with Crippen molar-refractivity contribution in [2.75, 3.05) is 13.6 Å². The van der Waals surface area contributed by atoms with Crippen LogP contribution in [0, 0.1) is 0 Å². The highest BCUT2D eigenvalue weighted by Gasteiger charge is 2.44. The minimum atomic E-state index is 0. The van der Waals surface area contributed by atoms with Crippen molar-refractivity contribution in [3.63, 3.8) is 0 Å². The van der Waals surface area contributed by atoms with Crippen LogP contribution in [-0.4, -0.2) is 29.6 Å². The van der Waals surface area contributed by atoms with Crippen LogP contribution in [0.1, 0.15) is 43.7 Å². The second-order valence-corrected chi connectivity index (χ2v) is 6.16. The summed E-state index contributed by atoms with van der Waals surface area (Å²) < 4.78 is 0. The van der Waals surface area contributed by atoms with Crippen molar-refractivity contribution in [3.8, 4) is 5.75 Å². The average Bonchev–Trinajstić information content (AvgIpc) is 2.36. The second-order valence-electron chi connectivity index (χ2n) is 6.16. The van der Waals surface area contributed by atoms with Gasteiger partial charge in [0.05, 0.1) is 0 Å². The summed E-state index contributed by atoms with van der Waals surface area (Å²) >= 11 is 0. The molecule has 106 valence electrons. The van der Waals surface area contributed by atoms with Crippen LogP contribution in [0.15, 0.2) is 18.2 Å². The molecule has 19 heavy (non-hydrogen) atoms. The predicted molar refractivity (Wildman–Crippen MR) is 81.3 cm³/mol. The van der Waals surface area contributed by atoms with Crippen LogP contribution in [0.4, 0.5) is 0 Å². The third-order valence-corrected chi connectivity index (χ3v) is 5.04. The highest BCUT2D eigenvalue weighted by molar-refractivity contribution is 5.85. The first-order valence-electron chi connectivity index (χ1n) is 7.17. The van der Waals surface area contributed by atoms with Crippen LogP contribution >= 0.6 is 12.4 Å². The van der Waals surface area contributed by atoms with Gasteiger partial charge >= 0.3 is 0 Å². The van der Waals surface area contributed by atoms with Gasteiger partial charge < -0.3 is 10.0 Å². The summed E-state index contributed by atoms with van der Waals surface area (Å²) in [4.78, 5) is 2.52. The molecular formula is C16H24ClNO. The molecule has 2 bridgehead atoms. The molecule has 3 heteroatoms. The monoisotopic (exact) mass is 281 g/mol. The number of halogens is 1. The number of rotatable bonds is 2. The number of hydrogen-bond donors (Lipinski definition) is 1. The van der Waals surface area contributed by atoms with E-state index in [4.69, 9.17) is 0 Å². The molecule has 1 saturated heterocycles. The molecule has 0 spiro atoms. The second kappa shape index (κ2) is 5.34. The van der Waals surface area contributed by atoms with Gasteiger partial charge in [0.25, 0.3) is 0 Å². The van der Waals surface area contributed by atoms with Gasteiger partial charge in [-0.15, -0.1) is 12.4 Å². The van der Waals surface area contributed by atoms with Gasteiger partial charge in [0, 0.05) is 6.04 Å². The topological polar surface area (TPSA) is 23.5 Å². The first-order chi connectivity index (χ1) is 8.64. The van der Waals surface area contributed by atoms with Crippen molar-refractivity contribution < 1.29 is 5.11 Å². The van der Waals surface area contributed by atoms with Crippen LogP contribution in [0.25, 0.3) is 0 Å². The fourth-order valence-corrected chi connectivity index (χ4v) is 4.08. The molecule has 1 aliphatic heterocycles. The molecule has 1 aromatic carbocycles. The molecule has 3 rings (SSSR count). The minimum Gasteiger partial charge on any atom is -0.508 e. The van der Waals surface area contributed by atoms with Gasteiger partial charge in [-0.1, -0.05) is 19.4 Å². The number of benzene rings is 1. The van der Waals surface area contributed by atoms with E-state index in [-0.39, 0.29) is 12.4 Å². The number of aromatic hydroxyl groups is 1. The lowest BCUT2D eigenvalue weighted by molar-refractivity contribution is 0.0972. The smallest absolute Gasteiger partial charge is 0.115 e. The number of hydrogen-bond acceptors (Lipinski definition) is 2. The van der Waals surface area contributed by atoms with Gasteiger partial charge in [-0.25, -0.2) is 0 Å². The first-order valence-corrected chi connectivity index (χ1v) is 7.17. The van der Waals surface area contributed by atoms with Crippen LogP contribution in [-0.2, 0) is 11.8 Å². The number of fused-ring (bicyclic) bond motifs is 4.